The first-order valence-corrected chi connectivity index (χ1v) is 8.46. The minimum atomic E-state index is -0.184. The topological polar surface area (TPSA) is 80.8 Å². The van der Waals surface area contributed by atoms with E-state index >= 15 is 0 Å². The molecule has 0 aliphatic heterocycles. The molecule has 8 heteroatoms. The Bertz CT molecular complexity index is 865. The Morgan fingerprint density at radius 3 is 2.75 bits per heavy atom. The lowest BCUT2D eigenvalue weighted by Crippen LogP contribution is -2.28. The van der Waals surface area contributed by atoms with Crippen LogP contribution < -0.4 is 5.32 Å². The molecule has 1 fully saturated rings. The van der Waals surface area contributed by atoms with Crippen molar-refractivity contribution in [3.05, 3.63) is 29.9 Å². The smallest absolute Gasteiger partial charge is 0.225 e. The zero-order chi connectivity index (χ0) is 16.7. The van der Waals surface area contributed by atoms with E-state index in [2.05, 4.69) is 20.4 Å². The highest BCUT2D eigenvalue weighted by molar-refractivity contribution is 6.28. The fourth-order valence-electron chi connectivity index (χ4n) is 3.28. The Labute approximate surface area is 144 Å². The van der Waals surface area contributed by atoms with E-state index < -0.39 is 0 Å². The van der Waals surface area contributed by atoms with E-state index in [1.165, 1.54) is 0 Å². The lowest BCUT2D eigenvalue weighted by Gasteiger charge is -2.27. The van der Waals surface area contributed by atoms with Crippen LogP contribution in [0.15, 0.2) is 24.7 Å². The number of aliphatic hydroxyl groups excluding tert-OH is 1. The number of hydrogen-bond acceptors (Lipinski definition) is 5. The van der Waals surface area contributed by atoms with Crippen LogP contribution in [0.4, 0.5) is 5.82 Å². The lowest BCUT2D eigenvalue weighted by molar-refractivity contribution is 0.126. The number of halogens is 1. The first kappa shape index (κ1) is 15.4. The molecule has 1 saturated carbocycles. The van der Waals surface area contributed by atoms with Crippen LogP contribution in [-0.2, 0) is 7.05 Å². The molecule has 3 heterocycles. The average molecular weight is 347 g/mol. The number of fused-ring (bicyclic) bond motifs is 1. The van der Waals surface area contributed by atoms with Crippen molar-refractivity contribution in [3.63, 3.8) is 0 Å². The number of aromatic nitrogens is 5. The third-order valence-electron chi connectivity index (χ3n) is 4.51. The van der Waals surface area contributed by atoms with Crippen LogP contribution in [0.2, 0.25) is 5.28 Å². The summed E-state index contributed by atoms with van der Waals surface area (Å²) in [6.45, 7) is 0. The molecule has 0 amide bonds. The van der Waals surface area contributed by atoms with Gasteiger partial charge in [-0.15, -0.1) is 0 Å². The van der Waals surface area contributed by atoms with Crippen molar-refractivity contribution in [1.29, 1.82) is 0 Å². The summed E-state index contributed by atoms with van der Waals surface area (Å²) in [7, 11) is 1.88. The maximum absolute atomic E-state index is 9.68. The Kier molecular flexibility index (Phi) is 3.90. The van der Waals surface area contributed by atoms with E-state index in [1.807, 2.05) is 30.1 Å². The van der Waals surface area contributed by atoms with E-state index in [0.717, 1.165) is 48.2 Å². The van der Waals surface area contributed by atoms with Gasteiger partial charge in [-0.2, -0.15) is 10.1 Å². The summed E-state index contributed by atoms with van der Waals surface area (Å²) in [4.78, 5) is 8.73. The number of aliphatic hydroxyl groups is 1. The van der Waals surface area contributed by atoms with Crippen LogP contribution in [-0.4, -0.2) is 41.6 Å². The van der Waals surface area contributed by atoms with Crippen molar-refractivity contribution in [2.24, 2.45) is 7.05 Å². The summed E-state index contributed by atoms with van der Waals surface area (Å²) in [5.41, 5.74) is 2.62. The number of anilines is 1. The fourth-order valence-corrected chi connectivity index (χ4v) is 3.45. The van der Waals surface area contributed by atoms with Crippen LogP contribution in [0.3, 0.4) is 0 Å². The van der Waals surface area contributed by atoms with Crippen molar-refractivity contribution in [2.75, 3.05) is 5.32 Å². The molecule has 0 saturated heterocycles. The maximum Gasteiger partial charge on any atom is 0.225 e. The Balaban J connectivity index is 1.74. The minimum Gasteiger partial charge on any atom is -0.393 e. The Morgan fingerprint density at radius 1 is 1.25 bits per heavy atom. The summed E-state index contributed by atoms with van der Waals surface area (Å²) in [6.07, 6.45) is 8.95. The van der Waals surface area contributed by atoms with E-state index in [1.54, 1.807) is 10.9 Å². The van der Waals surface area contributed by atoms with Gasteiger partial charge in [0.25, 0.3) is 0 Å². The van der Waals surface area contributed by atoms with Crippen LogP contribution in [0.25, 0.3) is 16.7 Å². The van der Waals surface area contributed by atoms with E-state index in [-0.39, 0.29) is 17.4 Å². The third-order valence-corrected chi connectivity index (χ3v) is 4.68. The van der Waals surface area contributed by atoms with E-state index in [4.69, 9.17) is 11.6 Å². The summed E-state index contributed by atoms with van der Waals surface area (Å²) in [5.74, 6) is 0.722. The summed E-state index contributed by atoms with van der Waals surface area (Å²) >= 11 is 6.10. The first-order chi connectivity index (χ1) is 11.6. The van der Waals surface area contributed by atoms with Crippen molar-refractivity contribution in [1.82, 2.24) is 24.3 Å². The molecule has 0 unspecified atom stereocenters. The molecule has 0 radical (unpaired) electrons. The quantitative estimate of drug-likeness (QED) is 0.712. The highest BCUT2D eigenvalue weighted by Crippen LogP contribution is 2.29. The van der Waals surface area contributed by atoms with Crippen LogP contribution in [0.5, 0.6) is 0 Å². The monoisotopic (exact) mass is 346 g/mol. The van der Waals surface area contributed by atoms with Crippen molar-refractivity contribution < 1.29 is 5.11 Å². The fraction of sp³-hybridized carbons (Fsp3) is 0.438. The molecule has 0 atom stereocenters. The van der Waals surface area contributed by atoms with Gasteiger partial charge in [-0.05, 0) is 43.4 Å². The molecule has 3 aromatic rings. The van der Waals surface area contributed by atoms with Gasteiger partial charge in [0.05, 0.1) is 23.5 Å². The molecule has 1 aliphatic rings. The standard InChI is InChI=1S/C16H19ClN6O/c1-22-9-11(8-18-22)23-7-6-13-14(23)15(21-16(17)20-13)19-10-2-4-12(24)5-3-10/h6-10,12,24H,2-5H2,1H3,(H,19,20,21). The zero-order valence-electron chi connectivity index (χ0n) is 13.4. The second-order valence-corrected chi connectivity index (χ2v) is 6.62. The molecule has 126 valence electrons. The van der Waals surface area contributed by atoms with Crippen LogP contribution in [0, 0.1) is 0 Å². The van der Waals surface area contributed by atoms with E-state index in [0.29, 0.717) is 0 Å². The number of aryl methyl sites for hydroxylation is 1. The number of nitrogens with zero attached hydrogens (tertiary/aromatic N) is 5. The van der Waals surface area contributed by atoms with Gasteiger partial charge >= 0.3 is 0 Å². The summed E-state index contributed by atoms with van der Waals surface area (Å²) in [5, 5.41) is 17.6. The molecule has 1 aliphatic carbocycles. The normalized spacial score (nSPS) is 21.3. The van der Waals surface area contributed by atoms with Gasteiger partial charge in [0.1, 0.15) is 5.52 Å². The molecule has 7 nitrogen and oxygen atoms in total. The summed E-state index contributed by atoms with van der Waals surface area (Å²) < 4.78 is 3.77. The Hall–Kier alpha value is -2.12. The molecule has 0 spiro atoms. The van der Waals surface area contributed by atoms with Gasteiger partial charge in [0.15, 0.2) is 5.82 Å². The van der Waals surface area contributed by atoms with Gasteiger partial charge in [-0.25, -0.2) is 4.98 Å². The van der Waals surface area contributed by atoms with Gasteiger partial charge in [-0.3, -0.25) is 4.68 Å². The van der Waals surface area contributed by atoms with Crippen molar-refractivity contribution >= 4 is 28.5 Å². The molecule has 24 heavy (non-hydrogen) atoms. The van der Waals surface area contributed by atoms with Gasteiger partial charge in [0.2, 0.25) is 5.28 Å². The highest BCUT2D eigenvalue weighted by Gasteiger charge is 2.22. The van der Waals surface area contributed by atoms with Crippen molar-refractivity contribution in [3.8, 4) is 5.69 Å². The second-order valence-electron chi connectivity index (χ2n) is 6.28. The highest BCUT2D eigenvalue weighted by atomic mass is 35.5. The van der Waals surface area contributed by atoms with Gasteiger partial charge < -0.3 is 15.0 Å². The summed E-state index contributed by atoms with van der Waals surface area (Å²) in [6, 6.07) is 2.20. The Morgan fingerprint density at radius 2 is 2.04 bits per heavy atom. The lowest BCUT2D eigenvalue weighted by atomic mass is 9.93. The molecule has 3 aromatic heterocycles. The molecule has 0 bridgehead atoms. The van der Waals surface area contributed by atoms with Crippen LogP contribution in [0.1, 0.15) is 25.7 Å². The number of hydrogen-bond donors (Lipinski definition) is 2. The third kappa shape index (κ3) is 2.85. The van der Waals surface area contributed by atoms with Gasteiger partial charge in [0, 0.05) is 25.5 Å². The predicted molar refractivity (Wildman–Crippen MR) is 92.5 cm³/mol. The molecular formula is C16H19ClN6O. The molecule has 2 N–H and O–H groups in total. The number of rotatable bonds is 3. The van der Waals surface area contributed by atoms with Crippen molar-refractivity contribution in [2.45, 2.75) is 37.8 Å². The molecule has 4 rings (SSSR count). The van der Waals surface area contributed by atoms with E-state index in [9.17, 15) is 5.11 Å². The second kappa shape index (κ2) is 6.07. The maximum atomic E-state index is 9.68. The first-order valence-electron chi connectivity index (χ1n) is 8.08. The molecule has 0 aromatic carbocycles. The zero-order valence-corrected chi connectivity index (χ0v) is 14.1. The predicted octanol–water partition coefficient (Wildman–Crippen LogP) is 2.52. The average Bonchev–Trinajstić information content (AvgIpc) is 3.15. The molecular weight excluding hydrogens is 328 g/mol. The van der Waals surface area contributed by atoms with Crippen LogP contribution >= 0.6 is 11.6 Å². The minimum absolute atomic E-state index is 0.184. The number of nitrogens with one attached hydrogen (secondary N) is 1. The van der Waals surface area contributed by atoms with Gasteiger partial charge in [-0.1, -0.05) is 0 Å². The SMILES string of the molecule is Cn1cc(-n2ccc3nc(Cl)nc(NC4CCC(O)CC4)c32)cn1. The largest absolute Gasteiger partial charge is 0.393 e.